The van der Waals surface area contributed by atoms with Gasteiger partial charge >= 0.3 is 5.97 Å². The monoisotopic (exact) mass is 380 g/mol. The highest BCUT2D eigenvalue weighted by molar-refractivity contribution is 5.91. The van der Waals surface area contributed by atoms with Crippen LogP contribution in [-0.2, 0) is 27.4 Å². The lowest BCUT2D eigenvalue weighted by Crippen LogP contribution is -2.28. The molecule has 3 rings (SSSR count). The number of esters is 1. The predicted octanol–water partition coefficient (Wildman–Crippen LogP) is 2.59. The van der Waals surface area contributed by atoms with E-state index < -0.39 is 5.97 Å². The summed E-state index contributed by atoms with van der Waals surface area (Å²) < 4.78 is 5.08. The molecule has 1 saturated heterocycles. The van der Waals surface area contributed by atoms with E-state index >= 15 is 0 Å². The largest absolute Gasteiger partial charge is 0.452 e. The highest BCUT2D eigenvalue weighted by Gasteiger charge is 2.20. The van der Waals surface area contributed by atoms with Crippen molar-refractivity contribution in [2.45, 2.75) is 32.9 Å². The van der Waals surface area contributed by atoms with Crippen molar-refractivity contribution < 1.29 is 19.1 Å². The standard InChI is InChI=1S/C22H24N2O4/c1-16-5-2-3-6-19(16)13-23-20(25)15-28-22(27)18-10-8-17(9-11-18)14-24-12-4-7-21(24)26/h2-3,5-6,8-11H,4,7,12-15H2,1H3,(H,23,25). The number of carbonyl (C=O) groups is 3. The molecule has 2 aromatic carbocycles. The smallest absolute Gasteiger partial charge is 0.338 e. The summed E-state index contributed by atoms with van der Waals surface area (Å²) in [7, 11) is 0. The lowest BCUT2D eigenvalue weighted by Gasteiger charge is -2.15. The molecule has 0 aliphatic carbocycles. The number of likely N-dealkylation sites (tertiary alicyclic amines) is 1. The molecule has 6 nitrogen and oxygen atoms in total. The van der Waals surface area contributed by atoms with Crippen LogP contribution in [0.4, 0.5) is 0 Å². The first kappa shape index (κ1) is 19.6. The van der Waals surface area contributed by atoms with Gasteiger partial charge in [-0.25, -0.2) is 4.79 Å². The topological polar surface area (TPSA) is 75.7 Å². The van der Waals surface area contributed by atoms with E-state index in [1.807, 2.05) is 36.1 Å². The molecule has 0 saturated carbocycles. The van der Waals surface area contributed by atoms with Gasteiger partial charge in [-0.15, -0.1) is 0 Å². The summed E-state index contributed by atoms with van der Waals surface area (Å²) in [6.45, 7) is 3.38. The average Bonchev–Trinajstić information content (AvgIpc) is 3.10. The molecule has 0 aromatic heterocycles. The van der Waals surface area contributed by atoms with Crippen molar-refractivity contribution >= 4 is 17.8 Å². The summed E-state index contributed by atoms with van der Waals surface area (Å²) in [5.74, 6) is -0.726. The fourth-order valence-corrected chi connectivity index (χ4v) is 3.11. The van der Waals surface area contributed by atoms with Crippen LogP contribution in [0, 0.1) is 6.92 Å². The van der Waals surface area contributed by atoms with Crippen LogP contribution < -0.4 is 5.32 Å². The van der Waals surface area contributed by atoms with E-state index in [2.05, 4.69) is 5.32 Å². The van der Waals surface area contributed by atoms with Crippen molar-refractivity contribution in [3.05, 3.63) is 70.8 Å². The number of amides is 2. The minimum atomic E-state index is -0.546. The number of hydrogen-bond donors (Lipinski definition) is 1. The second-order valence-corrected chi connectivity index (χ2v) is 6.90. The Morgan fingerprint density at radius 3 is 2.54 bits per heavy atom. The van der Waals surface area contributed by atoms with Crippen molar-refractivity contribution in [3.63, 3.8) is 0 Å². The zero-order valence-corrected chi connectivity index (χ0v) is 15.9. The number of carbonyl (C=O) groups excluding carboxylic acids is 3. The molecule has 146 valence electrons. The quantitative estimate of drug-likeness (QED) is 0.749. The first-order valence-electron chi connectivity index (χ1n) is 9.38. The van der Waals surface area contributed by atoms with Crippen molar-refractivity contribution in [2.24, 2.45) is 0 Å². The molecule has 0 spiro atoms. The highest BCUT2D eigenvalue weighted by atomic mass is 16.5. The second-order valence-electron chi connectivity index (χ2n) is 6.90. The Kier molecular flexibility index (Phi) is 6.42. The maximum atomic E-state index is 12.1. The third-order valence-electron chi connectivity index (χ3n) is 4.81. The van der Waals surface area contributed by atoms with Crippen LogP contribution in [0.15, 0.2) is 48.5 Å². The zero-order valence-electron chi connectivity index (χ0n) is 15.9. The highest BCUT2D eigenvalue weighted by Crippen LogP contribution is 2.15. The van der Waals surface area contributed by atoms with Crippen molar-refractivity contribution in [2.75, 3.05) is 13.2 Å². The van der Waals surface area contributed by atoms with E-state index in [-0.39, 0.29) is 18.4 Å². The molecule has 0 bridgehead atoms. The molecule has 28 heavy (non-hydrogen) atoms. The maximum absolute atomic E-state index is 12.1. The Morgan fingerprint density at radius 2 is 1.86 bits per heavy atom. The number of hydrogen-bond acceptors (Lipinski definition) is 4. The Labute approximate surface area is 164 Å². The number of nitrogens with one attached hydrogen (secondary N) is 1. The predicted molar refractivity (Wildman–Crippen MR) is 104 cm³/mol. The molecule has 0 unspecified atom stereocenters. The third kappa shape index (κ3) is 5.19. The van der Waals surface area contributed by atoms with Crippen molar-refractivity contribution in [1.29, 1.82) is 0 Å². The van der Waals surface area contributed by atoms with Gasteiger partial charge in [0.05, 0.1) is 5.56 Å². The molecule has 0 atom stereocenters. The third-order valence-corrected chi connectivity index (χ3v) is 4.81. The molecule has 0 radical (unpaired) electrons. The lowest BCUT2D eigenvalue weighted by atomic mass is 10.1. The minimum absolute atomic E-state index is 0.167. The van der Waals surface area contributed by atoms with Crippen molar-refractivity contribution in [3.8, 4) is 0 Å². The van der Waals surface area contributed by atoms with Gasteiger partial charge in [-0.05, 0) is 42.2 Å². The molecule has 1 aliphatic rings. The van der Waals surface area contributed by atoms with Gasteiger partial charge in [0.2, 0.25) is 5.91 Å². The van der Waals surface area contributed by atoms with Crippen LogP contribution in [0.2, 0.25) is 0 Å². The molecule has 2 amide bonds. The van der Waals surface area contributed by atoms with Crippen LogP contribution in [0.25, 0.3) is 0 Å². The molecular formula is C22H24N2O4. The molecule has 1 fully saturated rings. The number of nitrogens with zero attached hydrogens (tertiary/aromatic N) is 1. The molecule has 1 aliphatic heterocycles. The molecule has 6 heteroatoms. The number of aryl methyl sites for hydroxylation is 1. The van der Waals surface area contributed by atoms with Gasteiger partial charge in [0, 0.05) is 26.1 Å². The van der Waals surface area contributed by atoms with Crippen LogP contribution in [0.1, 0.15) is 39.9 Å². The summed E-state index contributed by atoms with van der Waals surface area (Å²) in [6, 6.07) is 14.7. The molecule has 1 N–H and O–H groups in total. The molecule has 1 heterocycles. The first-order chi connectivity index (χ1) is 13.5. The van der Waals surface area contributed by atoms with E-state index in [1.54, 1.807) is 24.3 Å². The van der Waals surface area contributed by atoms with Gasteiger partial charge in [-0.3, -0.25) is 9.59 Å². The normalized spacial score (nSPS) is 13.5. The lowest BCUT2D eigenvalue weighted by molar-refractivity contribution is -0.128. The fraction of sp³-hybridized carbons (Fsp3) is 0.318. The Balaban J connectivity index is 1.44. The van der Waals surface area contributed by atoms with Gasteiger partial charge in [0.25, 0.3) is 5.91 Å². The zero-order chi connectivity index (χ0) is 19.9. The Bertz CT molecular complexity index is 861. The Morgan fingerprint density at radius 1 is 1.11 bits per heavy atom. The average molecular weight is 380 g/mol. The van der Waals surface area contributed by atoms with E-state index in [0.717, 1.165) is 29.7 Å². The maximum Gasteiger partial charge on any atom is 0.338 e. The number of benzene rings is 2. The second kappa shape index (κ2) is 9.17. The van der Waals surface area contributed by atoms with Crippen LogP contribution in [0.5, 0.6) is 0 Å². The van der Waals surface area contributed by atoms with Crippen LogP contribution in [-0.4, -0.2) is 35.8 Å². The Hall–Kier alpha value is -3.15. The summed E-state index contributed by atoms with van der Waals surface area (Å²) in [5, 5.41) is 2.75. The van der Waals surface area contributed by atoms with E-state index in [9.17, 15) is 14.4 Å². The molecule has 2 aromatic rings. The number of rotatable bonds is 7. The first-order valence-corrected chi connectivity index (χ1v) is 9.38. The molecular weight excluding hydrogens is 356 g/mol. The van der Waals surface area contributed by atoms with Gasteiger partial charge in [-0.2, -0.15) is 0 Å². The number of ether oxygens (including phenoxy) is 1. The van der Waals surface area contributed by atoms with Gasteiger partial charge < -0.3 is 15.0 Å². The van der Waals surface area contributed by atoms with Gasteiger partial charge in [0.15, 0.2) is 6.61 Å². The summed E-state index contributed by atoms with van der Waals surface area (Å²) in [6.07, 6.45) is 1.51. The van der Waals surface area contributed by atoms with E-state index in [4.69, 9.17) is 4.74 Å². The summed E-state index contributed by atoms with van der Waals surface area (Å²) in [5.41, 5.74) is 3.45. The van der Waals surface area contributed by atoms with Crippen LogP contribution >= 0.6 is 0 Å². The van der Waals surface area contributed by atoms with Crippen molar-refractivity contribution in [1.82, 2.24) is 10.2 Å². The van der Waals surface area contributed by atoms with E-state index in [0.29, 0.717) is 25.1 Å². The van der Waals surface area contributed by atoms with Gasteiger partial charge in [-0.1, -0.05) is 36.4 Å². The minimum Gasteiger partial charge on any atom is -0.452 e. The van der Waals surface area contributed by atoms with Crippen LogP contribution in [0.3, 0.4) is 0 Å². The fourth-order valence-electron chi connectivity index (χ4n) is 3.11. The summed E-state index contributed by atoms with van der Waals surface area (Å²) in [4.78, 5) is 37.5. The summed E-state index contributed by atoms with van der Waals surface area (Å²) >= 11 is 0. The van der Waals surface area contributed by atoms with Gasteiger partial charge in [0.1, 0.15) is 0 Å². The SMILES string of the molecule is Cc1ccccc1CNC(=O)COC(=O)c1ccc(CN2CCCC2=O)cc1. The van der Waals surface area contributed by atoms with E-state index in [1.165, 1.54) is 0 Å².